The van der Waals surface area contributed by atoms with Crippen molar-refractivity contribution in [2.24, 2.45) is 0 Å². The van der Waals surface area contributed by atoms with Gasteiger partial charge in [-0.15, -0.1) is 11.8 Å². The molecule has 0 atom stereocenters. The second-order valence-electron chi connectivity index (χ2n) is 3.94. The topological polar surface area (TPSA) is 27.7 Å². The van der Waals surface area contributed by atoms with Gasteiger partial charge in [-0.3, -0.25) is 0 Å². The van der Waals surface area contributed by atoms with Gasteiger partial charge in [-0.2, -0.15) is 0 Å². The van der Waals surface area contributed by atoms with Gasteiger partial charge in [0.15, 0.2) is 0 Å². The first kappa shape index (κ1) is 16.7. The van der Waals surface area contributed by atoms with Gasteiger partial charge in [-0.25, -0.2) is 0 Å². The van der Waals surface area contributed by atoms with E-state index in [4.69, 9.17) is 13.3 Å². The van der Waals surface area contributed by atoms with Crippen LogP contribution < -0.4 is 0 Å². The molecule has 0 bridgehead atoms. The zero-order valence-electron chi connectivity index (χ0n) is 11.8. The standard InChI is InChI=1S/C14H24O3SSi/c1-3-15-19(16-4-2)17-12-8-9-13-18-14-10-6-5-7-11-14/h5-7,10-11,19H,3-4,8-9,12-13H2,1-2H3. The smallest absolute Gasteiger partial charge is 0.376 e. The van der Waals surface area contributed by atoms with E-state index >= 15 is 0 Å². The Bertz CT molecular complexity index is 305. The number of rotatable bonds is 11. The van der Waals surface area contributed by atoms with Crippen LogP contribution in [0.1, 0.15) is 26.7 Å². The van der Waals surface area contributed by atoms with Gasteiger partial charge in [0.25, 0.3) is 0 Å². The average Bonchev–Trinajstić information content (AvgIpc) is 2.44. The van der Waals surface area contributed by atoms with E-state index in [2.05, 4.69) is 24.3 Å². The van der Waals surface area contributed by atoms with E-state index in [0.29, 0.717) is 13.2 Å². The molecule has 0 N–H and O–H groups in total. The Balaban J connectivity index is 2.01. The van der Waals surface area contributed by atoms with E-state index in [0.717, 1.165) is 25.2 Å². The van der Waals surface area contributed by atoms with E-state index in [-0.39, 0.29) is 0 Å². The van der Waals surface area contributed by atoms with Crippen LogP contribution >= 0.6 is 11.8 Å². The van der Waals surface area contributed by atoms with E-state index < -0.39 is 9.53 Å². The number of hydrogen-bond acceptors (Lipinski definition) is 4. The molecule has 0 radical (unpaired) electrons. The molecule has 1 rings (SSSR count). The van der Waals surface area contributed by atoms with Crippen LogP contribution in [0.15, 0.2) is 35.2 Å². The lowest BCUT2D eigenvalue weighted by atomic mass is 10.4. The van der Waals surface area contributed by atoms with Gasteiger partial charge in [0.1, 0.15) is 0 Å². The van der Waals surface area contributed by atoms with Crippen LogP contribution in [-0.4, -0.2) is 35.1 Å². The largest absolute Gasteiger partial charge is 0.484 e. The van der Waals surface area contributed by atoms with E-state index in [1.165, 1.54) is 4.90 Å². The zero-order valence-corrected chi connectivity index (χ0v) is 13.8. The molecular formula is C14H24O3SSi. The fourth-order valence-electron chi connectivity index (χ4n) is 1.51. The summed E-state index contributed by atoms with van der Waals surface area (Å²) in [4.78, 5) is 1.33. The number of unbranched alkanes of at least 4 members (excludes halogenated alkanes) is 1. The Morgan fingerprint density at radius 3 is 2.26 bits per heavy atom. The molecule has 1 aromatic rings. The average molecular weight is 300 g/mol. The number of hydrogen-bond donors (Lipinski definition) is 0. The summed E-state index contributed by atoms with van der Waals surface area (Å²) in [6.07, 6.45) is 2.21. The highest BCUT2D eigenvalue weighted by Crippen LogP contribution is 2.18. The molecule has 0 unspecified atom stereocenters. The van der Waals surface area contributed by atoms with Crippen molar-refractivity contribution in [3.05, 3.63) is 30.3 Å². The van der Waals surface area contributed by atoms with E-state index in [9.17, 15) is 0 Å². The second-order valence-corrected chi connectivity index (χ2v) is 6.68. The lowest BCUT2D eigenvalue weighted by Gasteiger charge is -2.14. The summed E-state index contributed by atoms with van der Waals surface area (Å²) in [6.45, 7) is 6.02. The van der Waals surface area contributed by atoms with Crippen LogP contribution in [0.2, 0.25) is 0 Å². The summed E-state index contributed by atoms with van der Waals surface area (Å²) in [5.74, 6) is 1.13. The highest BCUT2D eigenvalue weighted by Gasteiger charge is 2.12. The van der Waals surface area contributed by atoms with Crippen LogP contribution in [0, 0.1) is 0 Å². The van der Waals surface area contributed by atoms with Crippen molar-refractivity contribution in [3.63, 3.8) is 0 Å². The molecule has 0 aliphatic heterocycles. The Morgan fingerprint density at radius 2 is 1.63 bits per heavy atom. The summed E-state index contributed by atoms with van der Waals surface area (Å²) in [5, 5.41) is 0. The van der Waals surface area contributed by atoms with Crippen molar-refractivity contribution in [3.8, 4) is 0 Å². The molecular weight excluding hydrogens is 276 g/mol. The van der Waals surface area contributed by atoms with Crippen molar-refractivity contribution >= 4 is 21.3 Å². The monoisotopic (exact) mass is 300 g/mol. The van der Waals surface area contributed by atoms with Gasteiger partial charge in [-0.05, 0) is 44.6 Å². The molecule has 3 nitrogen and oxygen atoms in total. The summed E-state index contributed by atoms with van der Waals surface area (Å²) >= 11 is 1.89. The number of benzene rings is 1. The van der Waals surface area contributed by atoms with Crippen molar-refractivity contribution in [2.45, 2.75) is 31.6 Å². The highest BCUT2D eigenvalue weighted by atomic mass is 32.2. The zero-order chi connectivity index (χ0) is 13.8. The van der Waals surface area contributed by atoms with Crippen molar-refractivity contribution in [1.29, 1.82) is 0 Å². The first-order valence-electron chi connectivity index (χ1n) is 6.89. The predicted octanol–water partition coefficient (Wildman–Crippen LogP) is 3.37. The van der Waals surface area contributed by atoms with Gasteiger partial charge in [0, 0.05) is 24.7 Å². The van der Waals surface area contributed by atoms with E-state index in [1.54, 1.807) is 0 Å². The first-order chi connectivity index (χ1) is 9.36. The minimum Gasteiger partial charge on any atom is -0.376 e. The molecule has 0 heterocycles. The van der Waals surface area contributed by atoms with Crippen molar-refractivity contribution in [1.82, 2.24) is 0 Å². The van der Waals surface area contributed by atoms with Gasteiger partial charge < -0.3 is 13.3 Å². The Kier molecular flexibility index (Phi) is 10.1. The summed E-state index contributed by atoms with van der Waals surface area (Å²) in [7, 11) is -1.85. The second kappa shape index (κ2) is 11.5. The lowest BCUT2D eigenvalue weighted by molar-refractivity contribution is 0.101. The van der Waals surface area contributed by atoms with Gasteiger partial charge in [-0.1, -0.05) is 18.2 Å². The van der Waals surface area contributed by atoms with Crippen molar-refractivity contribution in [2.75, 3.05) is 25.6 Å². The Morgan fingerprint density at radius 1 is 0.947 bits per heavy atom. The third-order valence-electron chi connectivity index (χ3n) is 2.41. The molecule has 0 aliphatic rings. The minimum absolute atomic E-state index is 0.667. The fourth-order valence-corrected chi connectivity index (χ4v) is 3.63. The van der Waals surface area contributed by atoms with Gasteiger partial charge in [0.05, 0.1) is 0 Å². The summed E-state index contributed by atoms with van der Waals surface area (Å²) in [6, 6.07) is 10.5. The molecule has 1 aromatic carbocycles. The molecule has 0 saturated heterocycles. The lowest BCUT2D eigenvalue weighted by Crippen LogP contribution is -2.27. The molecule has 0 aliphatic carbocycles. The van der Waals surface area contributed by atoms with Crippen LogP contribution in [0.25, 0.3) is 0 Å². The molecule has 0 aromatic heterocycles. The molecule has 0 spiro atoms. The molecule has 19 heavy (non-hydrogen) atoms. The fraction of sp³-hybridized carbons (Fsp3) is 0.571. The molecule has 108 valence electrons. The third kappa shape index (κ3) is 8.44. The Hall–Kier alpha value is -0.333. The maximum atomic E-state index is 5.66. The number of thioether (sulfide) groups is 1. The molecule has 5 heteroatoms. The third-order valence-corrected chi connectivity index (χ3v) is 5.23. The predicted molar refractivity (Wildman–Crippen MR) is 82.8 cm³/mol. The maximum Gasteiger partial charge on any atom is 0.484 e. The van der Waals surface area contributed by atoms with Crippen molar-refractivity contribution < 1.29 is 13.3 Å². The maximum absolute atomic E-state index is 5.66. The normalized spacial score (nSPS) is 11.1. The molecule has 0 fully saturated rings. The van der Waals surface area contributed by atoms with Crippen LogP contribution in [0.4, 0.5) is 0 Å². The molecule has 0 saturated carbocycles. The quantitative estimate of drug-likeness (QED) is 0.356. The SMILES string of the molecule is CCO[SiH](OCC)OCCCCSc1ccccc1. The van der Waals surface area contributed by atoms with Crippen LogP contribution in [0.3, 0.4) is 0 Å². The summed E-state index contributed by atoms with van der Waals surface area (Å²) < 4.78 is 16.6. The first-order valence-corrected chi connectivity index (χ1v) is 9.29. The van der Waals surface area contributed by atoms with Crippen LogP contribution in [0.5, 0.6) is 0 Å². The molecule has 0 amide bonds. The summed E-state index contributed by atoms with van der Waals surface area (Å²) in [5.41, 5.74) is 0. The van der Waals surface area contributed by atoms with E-state index in [1.807, 2.05) is 31.7 Å². The minimum atomic E-state index is -1.85. The van der Waals surface area contributed by atoms with Crippen LogP contribution in [-0.2, 0) is 13.3 Å². The van der Waals surface area contributed by atoms with Gasteiger partial charge in [0.2, 0.25) is 0 Å². The Labute approximate surface area is 122 Å². The highest BCUT2D eigenvalue weighted by molar-refractivity contribution is 7.99. The van der Waals surface area contributed by atoms with Gasteiger partial charge >= 0.3 is 9.53 Å².